The molecule has 1 aromatic rings. The number of carbonyl (C=O) groups excluding carboxylic acids is 1. The van der Waals surface area contributed by atoms with Crippen LogP contribution in [0.4, 0.5) is 0 Å². The lowest BCUT2D eigenvalue weighted by Gasteiger charge is -2.41. The molecule has 32 heavy (non-hydrogen) atoms. The summed E-state index contributed by atoms with van der Waals surface area (Å²) >= 11 is 0. The fraction of sp³-hybridized carbons (Fsp3) is 0.741. The Morgan fingerprint density at radius 1 is 0.938 bits per heavy atom. The maximum atomic E-state index is 13.2. The Bertz CT molecular complexity index is 733. The maximum Gasteiger partial charge on any atom is 0.226 e. The van der Waals surface area contributed by atoms with Crippen LogP contribution >= 0.6 is 0 Å². The first-order chi connectivity index (χ1) is 15.7. The highest BCUT2D eigenvalue weighted by Crippen LogP contribution is 2.60. The molecule has 1 atom stereocenters. The van der Waals surface area contributed by atoms with Crippen LogP contribution in [0.1, 0.15) is 56.9 Å². The molecule has 2 heterocycles. The number of piperazine rings is 1. The molecule has 0 radical (unpaired) electrons. The SMILES string of the molecule is O=C(C1CC12CCN(CCOCc1ccccc1)CC2)N1CCN(C2CCCCC2)CC1. The van der Waals surface area contributed by atoms with Crippen molar-refractivity contribution in [2.45, 2.75) is 64.0 Å². The Morgan fingerprint density at radius 2 is 1.66 bits per heavy atom. The van der Waals surface area contributed by atoms with E-state index in [-0.39, 0.29) is 0 Å². The third kappa shape index (κ3) is 5.21. The van der Waals surface area contributed by atoms with Gasteiger partial charge in [0.25, 0.3) is 0 Å². The van der Waals surface area contributed by atoms with Crippen molar-refractivity contribution >= 4 is 5.91 Å². The topological polar surface area (TPSA) is 36.0 Å². The molecule has 1 aromatic carbocycles. The Balaban J connectivity index is 0.996. The van der Waals surface area contributed by atoms with Gasteiger partial charge in [0.05, 0.1) is 13.2 Å². The number of carbonyl (C=O) groups is 1. The molecule has 5 nitrogen and oxygen atoms in total. The number of hydrogen-bond donors (Lipinski definition) is 0. The predicted octanol–water partition coefficient (Wildman–Crippen LogP) is 3.78. The van der Waals surface area contributed by atoms with Crippen LogP contribution < -0.4 is 0 Å². The van der Waals surface area contributed by atoms with E-state index in [4.69, 9.17) is 4.74 Å². The Kier molecular flexibility index (Phi) is 7.15. The van der Waals surface area contributed by atoms with Crippen molar-refractivity contribution in [2.75, 3.05) is 52.4 Å². The Hall–Kier alpha value is -1.43. The van der Waals surface area contributed by atoms with E-state index in [0.29, 0.717) is 23.8 Å². The summed E-state index contributed by atoms with van der Waals surface area (Å²) in [5.74, 6) is 0.771. The highest BCUT2D eigenvalue weighted by atomic mass is 16.5. The predicted molar refractivity (Wildman–Crippen MR) is 127 cm³/mol. The quantitative estimate of drug-likeness (QED) is 0.606. The molecule has 1 amide bonds. The van der Waals surface area contributed by atoms with Gasteiger partial charge >= 0.3 is 0 Å². The van der Waals surface area contributed by atoms with Crippen LogP contribution in [0.2, 0.25) is 0 Å². The Labute approximate surface area is 194 Å². The normalized spacial score (nSPS) is 27.0. The van der Waals surface area contributed by atoms with Gasteiger partial charge < -0.3 is 14.5 Å². The molecule has 4 aliphatic rings. The number of benzene rings is 1. The lowest BCUT2D eigenvalue weighted by Crippen LogP contribution is -2.53. The van der Waals surface area contributed by atoms with Gasteiger partial charge in [-0.1, -0.05) is 49.6 Å². The molecule has 2 saturated heterocycles. The van der Waals surface area contributed by atoms with Crippen LogP contribution in [0, 0.1) is 11.3 Å². The second-order valence-corrected chi connectivity index (χ2v) is 10.7. The first-order valence-corrected chi connectivity index (χ1v) is 13.1. The van der Waals surface area contributed by atoms with E-state index in [1.54, 1.807) is 0 Å². The van der Waals surface area contributed by atoms with Crippen LogP contribution in [0.15, 0.2) is 30.3 Å². The monoisotopic (exact) mass is 439 g/mol. The summed E-state index contributed by atoms with van der Waals surface area (Å²) in [4.78, 5) is 20.6. The van der Waals surface area contributed by atoms with Crippen molar-refractivity contribution in [2.24, 2.45) is 11.3 Å². The highest BCUT2D eigenvalue weighted by Gasteiger charge is 2.59. The lowest BCUT2D eigenvalue weighted by molar-refractivity contribution is -0.136. The minimum Gasteiger partial charge on any atom is -0.375 e. The molecule has 4 fully saturated rings. The van der Waals surface area contributed by atoms with E-state index in [2.05, 4.69) is 39.0 Å². The molecule has 1 unspecified atom stereocenters. The van der Waals surface area contributed by atoms with Crippen molar-refractivity contribution in [1.82, 2.24) is 14.7 Å². The van der Waals surface area contributed by atoms with E-state index in [9.17, 15) is 4.79 Å². The van der Waals surface area contributed by atoms with E-state index in [0.717, 1.165) is 64.9 Å². The third-order valence-electron chi connectivity index (χ3n) is 8.72. The van der Waals surface area contributed by atoms with Crippen molar-refractivity contribution in [1.29, 1.82) is 0 Å². The van der Waals surface area contributed by atoms with Crippen LogP contribution in [0.25, 0.3) is 0 Å². The number of rotatable bonds is 7. The molecule has 2 aliphatic heterocycles. The Morgan fingerprint density at radius 3 is 2.38 bits per heavy atom. The van der Waals surface area contributed by atoms with Crippen LogP contribution in [0.5, 0.6) is 0 Å². The molecule has 0 N–H and O–H groups in total. The van der Waals surface area contributed by atoms with Gasteiger partial charge in [-0.2, -0.15) is 0 Å². The summed E-state index contributed by atoms with van der Waals surface area (Å²) < 4.78 is 5.87. The summed E-state index contributed by atoms with van der Waals surface area (Å²) in [6, 6.07) is 11.2. The van der Waals surface area contributed by atoms with Gasteiger partial charge in [0.1, 0.15) is 0 Å². The van der Waals surface area contributed by atoms with E-state index < -0.39 is 0 Å². The lowest BCUT2D eigenvalue weighted by atomic mass is 9.90. The maximum absolute atomic E-state index is 13.2. The molecule has 176 valence electrons. The van der Waals surface area contributed by atoms with Crippen LogP contribution in [0.3, 0.4) is 0 Å². The molecule has 2 saturated carbocycles. The molecule has 5 heteroatoms. The zero-order valence-corrected chi connectivity index (χ0v) is 19.7. The number of nitrogens with zero attached hydrogens (tertiary/aromatic N) is 3. The van der Waals surface area contributed by atoms with Gasteiger partial charge in [-0.05, 0) is 56.2 Å². The van der Waals surface area contributed by atoms with Gasteiger partial charge in [0, 0.05) is 44.7 Å². The molecular weight excluding hydrogens is 398 g/mol. The summed E-state index contributed by atoms with van der Waals surface area (Å²) in [5, 5.41) is 0. The molecular formula is C27H41N3O2. The fourth-order valence-electron chi connectivity index (χ4n) is 6.40. The molecule has 5 rings (SSSR count). The smallest absolute Gasteiger partial charge is 0.226 e. The number of piperidine rings is 1. The molecule has 1 spiro atoms. The number of likely N-dealkylation sites (tertiary alicyclic amines) is 1. The van der Waals surface area contributed by atoms with Crippen molar-refractivity contribution < 1.29 is 9.53 Å². The third-order valence-corrected chi connectivity index (χ3v) is 8.72. The van der Waals surface area contributed by atoms with Crippen molar-refractivity contribution in [3.63, 3.8) is 0 Å². The van der Waals surface area contributed by atoms with Gasteiger partial charge in [0.2, 0.25) is 5.91 Å². The summed E-state index contributed by atoms with van der Waals surface area (Å²) in [6.45, 7) is 8.81. The average Bonchev–Trinajstić information content (AvgIpc) is 3.57. The first kappa shape index (κ1) is 22.4. The minimum absolute atomic E-state index is 0.306. The fourth-order valence-corrected chi connectivity index (χ4v) is 6.40. The summed E-state index contributed by atoms with van der Waals surface area (Å²) in [7, 11) is 0. The second-order valence-electron chi connectivity index (χ2n) is 10.7. The summed E-state index contributed by atoms with van der Waals surface area (Å²) in [5.41, 5.74) is 1.56. The molecule has 2 aliphatic carbocycles. The van der Waals surface area contributed by atoms with E-state index in [1.165, 1.54) is 50.5 Å². The van der Waals surface area contributed by atoms with E-state index in [1.807, 2.05) is 6.07 Å². The van der Waals surface area contributed by atoms with Gasteiger partial charge in [-0.3, -0.25) is 9.69 Å². The standard InChI is InChI=1S/C27H41N3O2/c31-26(30-17-15-29(16-18-30)24-9-5-2-6-10-24)25-21-27(25)11-13-28(14-12-27)19-20-32-22-23-7-3-1-4-8-23/h1,3-4,7-8,24-25H,2,5-6,9-22H2. The molecule has 0 bridgehead atoms. The zero-order valence-electron chi connectivity index (χ0n) is 19.7. The van der Waals surface area contributed by atoms with Gasteiger partial charge in [0.15, 0.2) is 0 Å². The zero-order chi connectivity index (χ0) is 21.8. The van der Waals surface area contributed by atoms with Crippen molar-refractivity contribution in [3.8, 4) is 0 Å². The number of ether oxygens (including phenoxy) is 1. The van der Waals surface area contributed by atoms with Gasteiger partial charge in [-0.25, -0.2) is 0 Å². The first-order valence-electron chi connectivity index (χ1n) is 13.1. The number of hydrogen-bond acceptors (Lipinski definition) is 4. The number of amides is 1. The molecule has 0 aromatic heterocycles. The van der Waals surface area contributed by atoms with Gasteiger partial charge in [-0.15, -0.1) is 0 Å². The average molecular weight is 440 g/mol. The van der Waals surface area contributed by atoms with Crippen LogP contribution in [-0.4, -0.2) is 79.1 Å². The largest absolute Gasteiger partial charge is 0.375 e. The minimum atomic E-state index is 0.306. The second kappa shape index (κ2) is 10.2. The van der Waals surface area contributed by atoms with E-state index >= 15 is 0 Å². The van der Waals surface area contributed by atoms with Crippen LogP contribution in [-0.2, 0) is 16.1 Å². The summed E-state index contributed by atoms with van der Waals surface area (Å²) in [6.07, 6.45) is 10.4. The highest BCUT2D eigenvalue weighted by molar-refractivity contribution is 5.83. The van der Waals surface area contributed by atoms with Crippen molar-refractivity contribution in [3.05, 3.63) is 35.9 Å².